The Morgan fingerprint density at radius 1 is 1.18 bits per heavy atom. The Kier molecular flexibility index (Phi) is 5.95. The third kappa shape index (κ3) is 4.56. The molecule has 0 spiro atoms. The maximum absolute atomic E-state index is 12.3. The molecule has 1 heterocycles. The minimum atomic E-state index is -0.0872. The summed E-state index contributed by atoms with van der Waals surface area (Å²) in [5, 5.41) is 2.88. The minimum Gasteiger partial charge on any atom is -0.322 e. The third-order valence-corrected chi connectivity index (χ3v) is 4.01. The van der Waals surface area contributed by atoms with E-state index in [0.29, 0.717) is 11.3 Å². The van der Waals surface area contributed by atoms with Crippen molar-refractivity contribution in [1.29, 1.82) is 0 Å². The maximum Gasteiger partial charge on any atom is 0.321 e. The molecule has 22 heavy (non-hydrogen) atoms. The van der Waals surface area contributed by atoms with Crippen LogP contribution >= 0.6 is 0 Å². The van der Waals surface area contributed by atoms with Gasteiger partial charge in [-0.2, -0.15) is 0 Å². The first-order valence-electron chi connectivity index (χ1n) is 7.99. The highest BCUT2D eigenvalue weighted by Crippen LogP contribution is 2.13. The average molecular weight is 303 g/mol. The van der Waals surface area contributed by atoms with Crippen molar-refractivity contribution in [3.63, 3.8) is 0 Å². The Morgan fingerprint density at radius 2 is 1.91 bits per heavy atom. The van der Waals surface area contributed by atoms with Gasteiger partial charge in [0.1, 0.15) is 0 Å². The van der Waals surface area contributed by atoms with Crippen LogP contribution in [-0.4, -0.2) is 54.3 Å². The van der Waals surface area contributed by atoms with E-state index < -0.39 is 0 Å². The quantitative estimate of drug-likeness (QED) is 0.851. The second-order valence-corrected chi connectivity index (χ2v) is 5.75. The van der Waals surface area contributed by atoms with E-state index in [2.05, 4.69) is 17.1 Å². The van der Waals surface area contributed by atoms with E-state index >= 15 is 0 Å². The highest BCUT2D eigenvalue weighted by molar-refractivity contribution is 5.96. The Hall–Kier alpha value is -1.88. The number of urea groups is 1. The van der Waals surface area contributed by atoms with Crippen molar-refractivity contribution in [2.45, 2.75) is 26.7 Å². The number of piperazine rings is 1. The molecule has 0 radical (unpaired) electrons. The van der Waals surface area contributed by atoms with Crippen molar-refractivity contribution in [3.05, 3.63) is 29.8 Å². The largest absolute Gasteiger partial charge is 0.322 e. The van der Waals surface area contributed by atoms with Gasteiger partial charge in [-0.05, 0) is 32.0 Å². The normalized spacial score (nSPS) is 15.6. The first-order valence-corrected chi connectivity index (χ1v) is 7.99. The molecule has 2 rings (SSSR count). The molecule has 0 atom stereocenters. The van der Waals surface area contributed by atoms with Crippen LogP contribution in [0.25, 0.3) is 0 Å². The lowest BCUT2D eigenvalue weighted by atomic mass is 10.1. The van der Waals surface area contributed by atoms with E-state index in [1.165, 1.54) is 19.8 Å². The number of hydrogen-bond acceptors (Lipinski definition) is 3. The Bertz CT molecular complexity index is 522. The molecule has 120 valence electrons. The van der Waals surface area contributed by atoms with Gasteiger partial charge in [0.05, 0.1) is 0 Å². The molecule has 0 aromatic heterocycles. The first-order chi connectivity index (χ1) is 10.6. The number of carbonyl (C=O) groups excluding carboxylic acids is 2. The van der Waals surface area contributed by atoms with E-state index in [1.54, 1.807) is 18.2 Å². The predicted molar refractivity (Wildman–Crippen MR) is 88.4 cm³/mol. The molecule has 0 aliphatic carbocycles. The molecule has 1 aliphatic heterocycles. The number of benzene rings is 1. The predicted octanol–water partition coefficient (Wildman–Crippen LogP) is 2.84. The zero-order valence-electron chi connectivity index (χ0n) is 13.5. The summed E-state index contributed by atoms with van der Waals surface area (Å²) in [7, 11) is 0. The second-order valence-electron chi connectivity index (χ2n) is 5.75. The van der Waals surface area contributed by atoms with Gasteiger partial charge in [0.25, 0.3) is 0 Å². The maximum atomic E-state index is 12.3. The summed E-state index contributed by atoms with van der Waals surface area (Å²) >= 11 is 0. The molecular formula is C17H25N3O2. The monoisotopic (exact) mass is 303 g/mol. The van der Waals surface area contributed by atoms with Crippen molar-refractivity contribution in [3.8, 4) is 0 Å². The second kappa shape index (κ2) is 7.94. The fourth-order valence-electron chi connectivity index (χ4n) is 2.57. The molecule has 5 heteroatoms. The summed E-state index contributed by atoms with van der Waals surface area (Å²) in [5.41, 5.74) is 1.29. The molecule has 1 aromatic rings. The van der Waals surface area contributed by atoms with Crippen molar-refractivity contribution in [2.75, 3.05) is 38.0 Å². The van der Waals surface area contributed by atoms with E-state index in [4.69, 9.17) is 0 Å². The number of nitrogens with zero attached hydrogens (tertiary/aromatic N) is 2. The van der Waals surface area contributed by atoms with Gasteiger partial charge in [0.2, 0.25) is 0 Å². The Labute approximate surface area is 132 Å². The van der Waals surface area contributed by atoms with Crippen LogP contribution in [0.15, 0.2) is 24.3 Å². The van der Waals surface area contributed by atoms with Crippen LogP contribution in [0.4, 0.5) is 10.5 Å². The smallest absolute Gasteiger partial charge is 0.321 e. The van der Waals surface area contributed by atoms with Crippen LogP contribution in [0.1, 0.15) is 37.0 Å². The zero-order chi connectivity index (χ0) is 15.9. The molecule has 0 bridgehead atoms. The lowest BCUT2D eigenvalue weighted by molar-refractivity contribution is 0.101. The first kappa shape index (κ1) is 16.5. The topological polar surface area (TPSA) is 52.6 Å². The molecule has 1 N–H and O–H groups in total. The van der Waals surface area contributed by atoms with Gasteiger partial charge in [0, 0.05) is 37.4 Å². The van der Waals surface area contributed by atoms with E-state index in [0.717, 1.165) is 32.7 Å². The minimum absolute atomic E-state index is 0.000590. The fourth-order valence-corrected chi connectivity index (χ4v) is 2.57. The standard InChI is InChI=1S/C17H25N3O2/c1-3-4-8-19-9-11-20(12-10-19)17(22)18-16-7-5-6-15(13-16)14(2)21/h5-7,13H,3-4,8-12H2,1-2H3,(H,18,22). The Morgan fingerprint density at radius 3 is 2.55 bits per heavy atom. The number of anilines is 1. The number of rotatable bonds is 5. The number of amides is 2. The SMILES string of the molecule is CCCCN1CCN(C(=O)Nc2cccc(C(C)=O)c2)CC1. The number of Topliss-reactive ketones (excluding diaryl/α,β-unsaturated/α-hetero) is 1. The van der Waals surface area contributed by atoms with Gasteiger partial charge in [-0.25, -0.2) is 4.79 Å². The van der Waals surface area contributed by atoms with Gasteiger partial charge >= 0.3 is 6.03 Å². The zero-order valence-corrected chi connectivity index (χ0v) is 13.5. The number of nitrogens with one attached hydrogen (secondary N) is 1. The Balaban J connectivity index is 1.85. The molecule has 1 aromatic carbocycles. The van der Waals surface area contributed by atoms with Crippen LogP contribution in [0.2, 0.25) is 0 Å². The van der Waals surface area contributed by atoms with E-state index in [9.17, 15) is 9.59 Å². The van der Waals surface area contributed by atoms with Gasteiger partial charge in [-0.3, -0.25) is 9.69 Å². The van der Waals surface area contributed by atoms with Crippen molar-refractivity contribution in [2.24, 2.45) is 0 Å². The molecule has 2 amide bonds. The van der Waals surface area contributed by atoms with Crippen LogP contribution in [-0.2, 0) is 0 Å². The third-order valence-electron chi connectivity index (χ3n) is 4.01. The highest BCUT2D eigenvalue weighted by atomic mass is 16.2. The van der Waals surface area contributed by atoms with Crippen molar-refractivity contribution < 1.29 is 9.59 Å². The lowest BCUT2D eigenvalue weighted by Gasteiger charge is -2.34. The van der Waals surface area contributed by atoms with E-state index in [1.807, 2.05) is 11.0 Å². The van der Waals surface area contributed by atoms with Gasteiger partial charge < -0.3 is 10.2 Å². The molecule has 1 saturated heterocycles. The van der Waals surface area contributed by atoms with E-state index in [-0.39, 0.29) is 11.8 Å². The summed E-state index contributed by atoms with van der Waals surface area (Å²) < 4.78 is 0. The van der Waals surface area contributed by atoms with Gasteiger partial charge in [0.15, 0.2) is 5.78 Å². The molecule has 1 aliphatic rings. The van der Waals surface area contributed by atoms with Crippen molar-refractivity contribution >= 4 is 17.5 Å². The van der Waals surface area contributed by atoms with Crippen LogP contribution in [0, 0.1) is 0 Å². The fraction of sp³-hybridized carbons (Fsp3) is 0.529. The molecule has 5 nitrogen and oxygen atoms in total. The van der Waals surface area contributed by atoms with Gasteiger partial charge in [-0.1, -0.05) is 25.5 Å². The van der Waals surface area contributed by atoms with Crippen LogP contribution in [0.3, 0.4) is 0 Å². The molecule has 0 unspecified atom stereocenters. The number of ketones is 1. The van der Waals surface area contributed by atoms with Crippen LogP contribution in [0.5, 0.6) is 0 Å². The van der Waals surface area contributed by atoms with Gasteiger partial charge in [-0.15, -0.1) is 0 Å². The summed E-state index contributed by atoms with van der Waals surface area (Å²) in [6, 6.07) is 6.98. The number of unbranched alkanes of at least 4 members (excludes halogenated alkanes) is 1. The highest BCUT2D eigenvalue weighted by Gasteiger charge is 2.20. The summed E-state index contributed by atoms with van der Waals surface area (Å²) in [5.74, 6) is 0.000590. The van der Waals surface area contributed by atoms with Crippen molar-refractivity contribution in [1.82, 2.24) is 9.80 Å². The summed E-state index contributed by atoms with van der Waals surface area (Å²) in [6.07, 6.45) is 2.41. The number of hydrogen-bond donors (Lipinski definition) is 1. The summed E-state index contributed by atoms with van der Waals surface area (Å²) in [4.78, 5) is 27.9. The lowest BCUT2D eigenvalue weighted by Crippen LogP contribution is -2.50. The number of carbonyl (C=O) groups is 2. The summed E-state index contributed by atoms with van der Waals surface area (Å²) in [6.45, 7) is 8.20. The molecule has 0 saturated carbocycles. The van der Waals surface area contributed by atoms with Crippen LogP contribution < -0.4 is 5.32 Å². The molecular weight excluding hydrogens is 278 g/mol. The molecule has 1 fully saturated rings. The average Bonchev–Trinajstić information content (AvgIpc) is 2.53.